The molecule has 0 spiro atoms. The molecule has 1 fully saturated rings. The molecule has 2 rings (SSSR count). The zero-order valence-electron chi connectivity index (χ0n) is 9.85. The lowest BCUT2D eigenvalue weighted by Crippen LogP contribution is -2.32. The van der Waals surface area contributed by atoms with Gasteiger partial charge in [-0.3, -0.25) is 14.4 Å². The summed E-state index contributed by atoms with van der Waals surface area (Å²) in [4.78, 5) is 29.7. The van der Waals surface area contributed by atoms with Crippen molar-refractivity contribution in [2.45, 2.75) is 6.42 Å². The zero-order valence-corrected chi connectivity index (χ0v) is 11.4. The first-order chi connectivity index (χ1) is 8.61. The number of carbonyl (C=O) groups excluding carboxylic acids is 2. The lowest BCUT2D eigenvalue weighted by molar-refractivity contribution is -0.135. The fourth-order valence-electron chi connectivity index (χ4n) is 1.96. The summed E-state index contributed by atoms with van der Waals surface area (Å²) in [7, 11) is 1.38. The topological polar surface area (TPSA) is 58.6 Å². The molecule has 1 unspecified atom stereocenters. The number of hydrogen-bond acceptors (Lipinski definition) is 3. The molecule has 0 bridgehead atoms. The summed E-state index contributed by atoms with van der Waals surface area (Å²) in [6.07, 6.45) is 0.210. The average molecular weight is 313 g/mol. The van der Waals surface area contributed by atoms with Crippen molar-refractivity contribution >= 4 is 33.4 Å². The fourth-order valence-corrected chi connectivity index (χ4v) is 2.35. The van der Waals surface area contributed by atoms with Crippen LogP contribution in [0.25, 0.3) is 0 Å². The van der Waals surface area contributed by atoms with E-state index >= 15 is 0 Å². The molecule has 1 aliphatic rings. The quantitative estimate of drug-likeness (QED) is 0.860. The van der Waals surface area contributed by atoms with E-state index in [0.29, 0.717) is 6.54 Å². The number of anilines is 1. The minimum absolute atomic E-state index is 0.0515. The average Bonchev–Trinajstić information content (AvgIpc) is 2.72. The number of hydroxylamine groups is 1. The summed E-state index contributed by atoms with van der Waals surface area (Å²) in [6.45, 7) is 0.379. The van der Waals surface area contributed by atoms with Crippen molar-refractivity contribution in [2.75, 3.05) is 18.6 Å². The lowest BCUT2D eigenvalue weighted by Gasteiger charge is -2.16. The Hall–Kier alpha value is -1.40. The van der Waals surface area contributed by atoms with Crippen LogP contribution in [-0.4, -0.2) is 25.5 Å². The van der Waals surface area contributed by atoms with E-state index in [1.165, 1.54) is 7.11 Å². The summed E-state index contributed by atoms with van der Waals surface area (Å²) in [6, 6.07) is 7.45. The van der Waals surface area contributed by atoms with Gasteiger partial charge in [0.2, 0.25) is 11.8 Å². The van der Waals surface area contributed by atoms with Crippen molar-refractivity contribution in [1.82, 2.24) is 5.48 Å². The molecule has 96 valence electrons. The zero-order chi connectivity index (χ0) is 13.1. The maximum atomic E-state index is 11.9. The molecule has 1 aromatic rings. The monoisotopic (exact) mass is 312 g/mol. The van der Waals surface area contributed by atoms with Crippen LogP contribution in [0.4, 0.5) is 5.69 Å². The fraction of sp³-hybridized carbons (Fsp3) is 0.333. The van der Waals surface area contributed by atoms with Crippen molar-refractivity contribution in [3.63, 3.8) is 0 Å². The molecule has 0 radical (unpaired) electrons. The molecular weight excluding hydrogens is 300 g/mol. The van der Waals surface area contributed by atoms with Crippen LogP contribution in [0, 0.1) is 5.92 Å². The Bertz CT molecular complexity index is 478. The van der Waals surface area contributed by atoms with Gasteiger partial charge in [0.25, 0.3) is 0 Å². The highest BCUT2D eigenvalue weighted by Gasteiger charge is 2.35. The lowest BCUT2D eigenvalue weighted by atomic mass is 10.1. The Kier molecular flexibility index (Phi) is 3.98. The van der Waals surface area contributed by atoms with Gasteiger partial charge in [0.05, 0.1) is 13.0 Å². The van der Waals surface area contributed by atoms with Crippen LogP contribution in [0.15, 0.2) is 28.7 Å². The molecule has 18 heavy (non-hydrogen) atoms. The molecular formula is C12H13BrN2O3. The first-order valence-corrected chi connectivity index (χ1v) is 6.30. The summed E-state index contributed by atoms with van der Waals surface area (Å²) in [5.74, 6) is -0.677. The molecule has 0 saturated carbocycles. The molecule has 0 aliphatic carbocycles. The highest BCUT2D eigenvalue weighted by atomic mass is 79.9. The molecule has 1 heterocycles. The summed E-state index contributed by atoms with van der Waals surface area (Å²) in [5.41, 5.74) is 3.06. The van der Waals surface area contributed by atoms with Crippen molar-refractivity contribution in [1.29, 1.82) is 0 Å². The molecule has 1 atom stereocenters. The second-order valence-electron chi connectivity index (χ2n) is 4.06. The molecule has 5 nitrogen and oxygen atoms in total. The van der Waals surface area contributed by atoms with E-state index in [9.17, 15) is 9.59 Å². The van der Waals surface area contributed by atoms with E-state index in [1.807, 2.05) is 24.3 Å². The Morgan fingerprint density at radius 1 is 1.56 bits per heavy atom. The smallest absolute Gasteiger partial charge is 0.248 e. The Morgan fingerprint density at radius 2 is 2.33 bits per heavy atom. The van der Waals surface area contributed by atoms with Gasteiger partial charge in [-0.1, -0.05) is 22.0 Å². The summed E-state index contributed by atoms with van der Waals surface area (Å²) < 4.78 is 0.901. The SMILES string of the molecule is CONC(=O)C1CC(=O)N(c2cccc(Br)c2)C1. The largest absolute Gasteiger partial charge is 0.312 e. The van der Waals surface area contributed by atoms with Crippen LogP contribution in [0.5, 0.6) is 0 Å². The Labute approximate surface area is 113 Å². The van der Waals surface area contributed by atoms with E-state index in [2.05, 4.69) is 26.2 Å². The van der Waals surface area contributed by atoms with Crippen molar-refractivity contribution < 1.29 is 14.4 Å². The molecule has 2 amide bonds. The van der Waals surface area contributed by atoms with Crippen LogP contribution in [0.2, 0.25) is 0 Å². The van der Waals surface area contributed by atoms with E-state index < -0.39 is 0 Å². The number of halogens is 1. The van der Waals surface area contributed by atoms with Crippen LogP contribution in [0.1, 0.15) is 6.42 Å². The number of hydrogen-bond donors (Lipinski definition) is 1. The first-order valence-electron chi connectivity index (χ1n) is 5.50. The number of nitrogens with one attached hydrogen (secondary N) is 1. The van der Waals surface area contributed by atoms with Gasteiger partial charge >= 0.3 is 0 Å². The molecule has 0 aromatic heterocycles. The van der Waals surface area contributed by atoms with E-state index in [1.54, 1.807) is 4.90 Å². The third kappa shape index (κ3) is 2.70. The maximum Gasteiger partial charge on any atom is 0.248 e. The van der Waals surface area contributed by atoms with Gasteiger partial charge in [-0.05, 0) is 18.2 Å². The van der Waals surface area contributed by atoms with E-state index in [-0.39, 0.29) is 24.2 Å². The predicted molar refractivity (Wildman–Crippen MR) is 69.8 cm³/mol. The minimum atomic E-state index is -0.364. The standard InChI is InChI=1S/C12H13BrN2O3/c1-18-14-12(17)8-5-11(16)15(7-8)10-4-2-3-9(13)6-10/h2-4,6,8H,5,7H2,1H3,(H,14,17). The highest BCUT2D eigenvalue weighted by molar-refractivity contribution is 9.10. The minimum Gasteiger partial charge on any atom is -0.312 e. The van der Waals surface area contributed by atoms with Gasteiger partial charge in [0, 0.05) is 23.1 Å². The third-order valence-corrected chi connectivity index (χ3v) is 3.31. The summed E-state index contributed by atoms with van der Waals surface area (Å²) in [5, 5.41) is 0. The van der Waals surface area contributed by atoms with Crippen LogP contribution in [-0.2, 0) is 14.4 Å². The predicted octanol–water partition coefficient (Wildman–Crippen LogP) is 1.48. The van der Waals surface area contributed by atoms with E-state index in [4.69, 9.17) is 0 Å². The Balaban J connectivity index is 2.12. The second kappa shape index (κ2) is 5.49. The van der Waals surface area contributed by atoms with E-state index in [0.717, 1.165) is 10.2 Å². The molecule has 6 heteroatoms. The third-order valence-electron chi connectivity index (χ3n) is 2.82. The van der Waals surface area contributed by atoms with Crippen LogP contribution < -0.4 is 10.4 Å². The van der Waals surface area contributed by atoms with Gasteiger partial charge in [0.15, 0.2) is 0 Å². The van der Waals surface area contributed by atoms with Crippen molar-refractivity contribution in [2.24, 2.45) is 5.92 Å². The molecule has 1 aromatic carbocycles. The summed E-state index contributed by atoms with van der Waals surface area (Å²) >= 11 is 3.36. The first kappa shape index (κ1) is 13.0. The molecule has 1 saturated heterocycles. The number of rotatable bonds is 3. The van der Waals surface area contributed by atoms with Crippen LogP contribution >= 0.6 is 15.9 Å². The van der Waals surface area contributed by atoms with Gasteiger partial charge < -0.3 is 4.90 Å². The van der Waals surface area contributed by atoms with Crippen LogP contribution in [0.3, 0.4) is 0 Å². The maximum absolute atomic E-state index is 11.9. The number of nitrogens with zero attached hydrogens (tertiary/aromatic N) is 1. The van der Waals surface area contributed by atoms with Gasteiger partial charge in [-0.15, -0.1) is 0 Å². The number of amides is 2. The normalized spacial score (nSPS) is 19.1. The van der Waals surface area contributed by atoms with Crippen molar-refractivity contribution in [3.8, 4) is 0 Å². The van der Waals surface area contributed by atoms with Gasteiger partial charge in [-0.25, -0.2) is 5.48 Å². The molecule has 1 N–H and O–H groups in total. The second-order valence-corrected chi connectivity index (χ2v) is 4.97. The molecule has 1 aliphatic heterocycles. The highest BCUT2D eigenvalue weighted by Crippen LogP contribution is 2.27. The number of carbonyl (C=O) groups is 2. The van der Waals surface area contributed by atoms with Crippen molar-refractivity contribution in [3.05, 3.63) is 28.7 Å². The van der Waals surface area contributed by atoms with Gasteiger partial charge in [0.1, 0.15) is 0 Å². The number of benzene rings is 1. The Morgan fingerprint density at radius 3 is 3.00 bits per heavy atom. The van der Waals surface area contributed by atoms with Gasteiger partial charge in [-0.2, -0.15) is 0 Å².